The molecule has 0 saturated carbocycles. The number of amides is 1. The second kappa shape index (κ2) is 6.93. The summed E-state index contributed by atoms with van der Waals surface area (Å²) in [6.45, 7) is 12.2. The third-order valence-electron chi connectivity index (χ3n) is 4.85. The molecule has 3 heterocycles. The lowest BCUT2D eigenvalue weighted by atomic mass is 9.82. The summed E-state index contributed by atoms with van der Waals surface area (Å²) < 4.78 is 11.5. The molecule has 0 aromatic rings. The van der Waals surface area contributed by atoms with Crippen LogP contribution >= 0.6 is 11.8 Å². The summed E-state index contributed by atoms with van der Waals surface area (Å²) in [4.78, 5) is 27.1. The van der Waals surface area contributed by atoms with Crippen LogP contribution in [0.25, 0.3) is 0 Å². The van der Waals surface area contributed by atoms with Gasteiger partial charge in [-0.3, -0.25) is 4.79 Å². The maximum absolute atomic E-state index is 12.9. The molecule has 0 N–H and O–H groups in total. The van der Waals surface area contributed by atoms with Crippen molar-refractivity contribution in [2.45, 2.75) is 56.8 Å². The fourth-order valence-electron chi connectivity index (χ4n) is 4.09. The van der Waals surface area contributed by atoms with Gasteiger partial charge in [-0.05, 0) is 50.7 Å². The van der Waals surface area contributed by atoms with E-state index in [2.05, 4.69) is 26.2 Å². The van der Waals surface area contributed by atoms with E-state index in [4.69, 9.17) is 9.16 Å². The highest BCUT2D eigenvalue weighted by Crippen LogP contribution is 2.52. The number of carbonyl (C=O) groups is 2. The molecule has 0 bridgehead atoms. The lowest BCUT2D eigenvalue weighted by Crippen LogP contribution is -2.65. The van der Waals surface area contributed by atoms with Gasteiger partial charge in [-0.25, -0.2) is 4.79 Å². The molecule has 25 heavy (non-hydrogen) atoms. The van der Waals surface area contributed by atoms with Crippen molar-refractivity contribution in [3.05, 3.63) is 23.9 Å². The van der Waals surface area contributed by atoms with E-state index in [0.717, 1.165) is 24.2 Å². The third kappa shape index (κ3) is 3.33. The van der Waals surface area contributed by atoms with Crippen molar-refractivity contribution in [3.8, 4) is 0 Å². The molecule has 4 atom stereocenters. The molecule has 3 aliphatic rings. The summed E-state index contributed by atoms with van der Waals surface area (Å²) in [6.07, 6.45) is 3.34. The van der Waals surface area contributed by atoms with Crippen molar-refractivity contribution in [1.29, 1.82) is 0 Å². The lowest BCUT2D eigenvalue weighted by molar-refractivity contribution is -0.161. The first-order valence-corrected chi connectivity index (χ1v) is 13.4. The minimum Gasteiger partial charge on any atom is -0.457 e. The normalized spacial score (nSPS) is 29.7. The number of ether oxygens (including phenoxy) is 1. The summed E-state index contributed by atoms with van der Waals surface area (Å²) in [6, 6.07) is 0.0328. The highest BCUT2D eigenvalue weighted by atomic mass is 32.2. The molecule has 2 fully saturated rings. The van der Waals surface area contributed by atoms with E-state index >= 15 is 0 Å². The fourth-order valence-corrected chi connectivity index (χ4v) is 6.83. The second-order valence-electron chi connectivity index (χ2n) is 7.82. The number of esters is 1. The molecule has 1 amide bonds. The van der Waals surface area contributed by atoms with Crippen LogP contribution in [-0.2, 0) is 18.8 Å². The van der Waals surface area contributed by atoms with Crippen molar-refractivity contribution >= 4 is 32.0 Å². The van der Waals surface area contributed by atoms with Crippen molar-refractivity contribution in [2.24, 2.45) is 5.92 Å². The molecule has 0 aromatic carbocycles. The smallest absolute Gasteiger partial charge is 0.355 e. The zero-order valence-electron chi connectivity index (χ0n) is 15.4. The number of β-lactam (4-membered cyclic amide) rings is 1. The van der Waals surface area contributed by atoms with Gasteiger partial charge in [0.05, 0.1) is 18.1 Å². The monoisotopic (exact) mass is 381 g/mol. The van der Waals surface area contributed by atoms with Crippen LogP contribution in [-0.4, -0.2) is 54.8 Å². The summed E-state index contributed by atoms with van der Waals surface area (Å²) in [5.74, 6) is 0.513. The van der Waals surface area contributed by atoms with Gasteiger partial charge in [-0.15, -0.1) is 0 Å². The molecule has 138 valence electrons. The summed E-state index contributed by atoms with van der Waals surface area (Å²) >= 11 is 1.86. The second-order valence-corrected chi connectivity index (χ2v) is 13.5. The zero-order chi connectivity index (χ0) is 18.4. The van der Waals surface area contributed by atoms with E-state index in [0.29, 0.717) is 5.70 Å². The van der Waals surface area contributed by atoms with E-state index in [9.17, 15) is 9.59 Å². The molecule has 5 nitrogen and oxygen atoms in total. The molecule has 7 heteroatoms. The van der Waals surface area contributed by atoms with E-state index in [-0.39, 0.29) is 35.8 Å². The predicted molar refractivity (Wildman–Crippen MR) is 102 cm³/mol. The molecule has 0 aliphatic carbocycles. The molecule has 0 unspecified atom stereocenters. The van der Waals surface area contributed by atoms with Crippen LogP contribution in [0.15, 0.2) is 23.9 Å². The average molecular weight is 382 g/mol. The molecular weight excluding hydrogens is 354 g/mol. The van der Waals surface area contributed by atoms with Gasteiger partial charge < -0.3 is 14.1 Å². The van der Waals surface area contributed by atoms with Gasteiger partial charge in [-0.1, -0.05) is 12.7 Å². The van der Waals surface area contributed by atoms with Crippen LogP contribution in [0.4, 0.5) is 0 Å². The van der Waals surface area contributed by atoms with Crippen molar-refractivity contribution in [2.75, 3.05) is 12.4 Å². The van der Waals surface area contributed by atoms with Gasteiger partial charge in [0, 0.05) is 5.25 Å². The van der Waals surface area contributed by atoms with Crippen LogP contribution in [0.2, 0.25) is 19.6 Å². The van der Waals surface area contributed by atoms with Gasteiger partial charge in [0.1, 0.15) is 12.3 Å². The first-order valence-electron chi connectivity index (χ1n) is 8.90. The fraction of sp³-hybridized carbons (Fsp3) is 0.667. The van der Waals surface area contributed by atoms with Crippen LogP contribution in [0, 0.1) is 5.92 Å². The maximum Gasteiger partial charge on any atom is 0.355 e. The number of hydrogen-bond donors (Lipinski definition) is 0. The van der Waals surface area contributed by atoms with Crippen molar-refractivity contribution in [3.63, 3.8) is 0 Å². The quantitative estimate of drug-likeness (QED) is 0.306. The topological polar surface area (TPSA) is 55.8 Å². The van der Waals surface area contributed by atoms with Gasteiger partial charge in [-0.2, -0.15) is 11.8 Å². The Balaban J connectivity index is 1.85. The first-order chi connectivity index (χ1) is 11.8. The van der Waals surface area contributed by atoms with Crippen LogP contribution in [0.5, 0.6) is 0 Å². The van der Waals surface area contributed by atoms with Gasteiger partial charge in [0.15, 0.2) is 8.32 Å². The molecule has 0 aromatic heterocycles. The van der Waals surface area contributed by atoms with Crippen LogP contribution < -0.4 is 0 Å². The molecular formula is C18H27NO4SSi. The summed E-state index contributed by atoms with van der Waals surface area (Å²) in [5.41, 5.74) is 1.58. The minimum absolute atomic E-state index is 0.00352. The molecule has 2 saturated heterocycles. The number of fused-ring (bicyclic) bond motifs is 3. The first kappa shape index (κ1) is 18.7. The van der Waals surface area contributed by atoms with E-state index in [1.807, 2.05) is 18.7 Å². The Bertz CT molecular complexity index is 627. The molecule has 3 aliphatic heterocycles. The third-order valence-corrected chi connectivity index (χ3v) is 7.37. The number of hydrogen-bond acceptors (Lipinski definition) is 5. The maximum atomic E-state index is 12.9. The van der Waals surface area contributed by atoms with Gasteiger partial charge in [0.25, 0.3) is 0 Å². The largest absolute Gasteiger partial charge is 0.457 e. The standard InChI is InChI=1S/C18H27NO4SSi/c1-6-9-22-18(21)14-12-8-7-10-24-16(12)15-13(17(20)19(14)15)11(2)23-25(3,4)5/h6,11,13,15-16H,1,7-10H2,2-5H3/t11-,13-,15+,16+/m1/s1. The lowest BCUT2D eigenvalue weighted by Gasteiger charge is -2.49. The number of thioether (sulfide) groups is 1. The summed E-state index contributed by atoms with van der Waals surface area (Å²) in [5, 5.41) is 0.204. The number of carbonyl (C=O) groups excluding carboxylic acids is 2. The SMILES string of the molecule is C=CCOC(=O)C1=C2CCCS[C@@H]2[C@@H]2[C@@H]([C@@H](C)O[Si](C)(C)C)C(=O)N12. The Morgan fingerprint density at radius 1 is 1.48 bits per heavy atom. The van der Waals surface area contributed by atoms with Gasteiger partial charge >= 0.3 is 5.97 Å². The van der Waals surface area contributed by atoms with Crippen LogP contribution in [0.1, 0.15) is 19.8 Å². The Morgan fingerprint density at radius 3 is 2.84 bits per heavy atom. The number of nitrogens with zero attached hydrogens (tertiary/aromatic N) is 1. The highest BCUT2D eigenvalue weighted by Gasteiger charge is 2.62. The zero-order valence-corrected chi connectivity index (χ0v) is 17.2. The molecule has 0 spiro atoms. The molecule has 3 rings (SSSR count). The minimum atomic E-state index is -1.73. The van der Waals surface area contributed by atoms with Crippen molar-refractivity contribution < 1.29 is 18.8 Å². The van der Waals surface area contributed by atoms with E-state index in [1.165, 1.54) is 0 Å². The Kier molecular flexibility index (Phi) is 5.19. The molecule has 0 radical (unpaired) electrons. The predicted octanol–water partition coefficient (Wildman–Crippen LogP) is 2.95. The van der Waals surface area contributed by atoms with Crippen molar-refractivity contribution in [1.82, 2.24) is 4.90 Å². The Hall–Kier alpha value is -1.05. The van der Waals surface area contributed by atoms with E-state index in [1.54, 1.807) is 11.0 Å². The van der Waals surface area contributed by atoms with E-state index < -0.39 is 14.3 Å². The Labute approximate surface area is 154 Å². The van der Waals surface area contributed by atoms with Gasteiger partial charge in [0.2, 0.25) is 5.91 Å². The van der Waals surface area contributed by atoms with Crippen LogP contribution in [0.3, 0.4) is 0 Å². The number of rotatable bonds is 6. The Morgan fingerprint density at radius 2 is 2.20 bits per heavy atom. The highest BCUT2D eigenvalue weighted by molar-refractivity contribution is 8.00. The summed E-state index contributed by atoms with van der Waals surface area (Å²) in [7, 11) is -1.73. The average Bonchev–Trinajstić information content (AvgIpc) is 2.82.